The Bertz CT molecular complexity index is 1230. The fourth-order valence-corrected chi connectivity index (χ4v) is 4.43. The lowest BCUT2D eigenvalue weighted by molar-refractivity contribution is 0.105. The SMILES string of the molecule is COCCN1CCC(COc2ccc3c(Oc4ccc5[nH]c(C)cc5c4)ncnc3c2)CC1. The molecular formula is C26H30N4O3. The number of rotatable bonds is 8. The van der Waals surface area contributed by atoms with Crippen molar-refractivity contribution in [1.29, 1.82) is 0 Å². The molecule has 0 atom stereocenters. The number of likely N-dealkylation sites (tertiary alicyclic amines) is 1. The average Bonchev–Trinajstić information content (AvgIpc) is 3.21. The first kappa shape index (κ1) is 21.7. The summed E-state index contributed by atoms with van der Waals surface area (Å²) in [5.74, 6) is 2.70. The number of fused-ring (bicyclic) bond motifs is 2. The van der Waals surface area contributed by atoms with Crippen LogP contribution in [0.4, 0.5) is 0 Å². The van der Waals surface area contributed by atoms with Crippen LogP contribution < -0.4 is 9.47 Å². The highest BCUT2D eigenvalue weighted by atomic mass is 16.5. The molecular weight excluding hydrogens is 416 g/mol. The Kier molecular flexibility index (Phi) is 6.41. The number of H-pyrrole nitrogens is 1. The Morgan fingerprint density at radius 3 is 2.73 bits per heavy atom. The van der Waals surface area contributed by atoms with Crippen LogP contribution in [0, 0.1) is 12.8 Å². The molecule has 0 spiro atoms. The number of aromatic amines is 1. The third-order valence-electron chi connectivity index (χ3n) is 6.32. The molecule has 2 aromatic carbocycles. The van der Waals surface area contributed by atoms with E-state index in [1.807, 2.05) is 43.3 Å². The van der Waals surface area contributed by atoms with Crippen LogP contribution in [-0.4, -0.2) is 59.8 Å². The fraction of sp³-hybridized carbons (Fsp3) is 0.385. The molecule has 0 aliphatic carbocycles. The average molecular weight is 447 g/mol. The van der Waals surface area contributed by atoms with Gasteiger partial charge < -0.3 is 24.1 Å². The minimum absolute atomic E-state index is 0.543. The number of aromatic nitrogens is 3. The lowest BCUT2D eigenvalue weighted by Gasteiger charge is -2.31. The predicted molar refractivity (Wildman–Crippen MR) is 129 cm³/mol. The van der Waals surface area contributed by atoms with Crippen LogP contribution in [0.25, 0.3) is 21.8 Å². The molecule has 0 unspecified atom stereocenters. The molecule has 1 aliphatic rings. The fourth-order valence-electron chi connectivity index (χ4n) is 4.43. The number of methoxy groups -OCH3 is 1. The minimum atomic E-state index is 0.543. The monoisotopic (exact) mass is 446 g/mol. The van der Waals surface area contributed by atoms with E-state index < -0.39 is 0 Å². The molecule has 172 valence electrons. The van der Waals surface area contributed by atoms with Gasteiger partial charge in [-0.2, -0.15) is 0 Å². The molecule has 0 bridgehead atoms. The summed E-state index contributed by atoms with van der Waals surface area (Å²) in [7, 11) is 1.76. The predicted octanol–water partition coefficient (Wildman–Crippen LogP) is 4.95. The molecule has 1 aliphatic heterocycles. The highest BCUT2D eigenvalue weighted by Crippen LogP contribution is 2.31. The van der Waals surface area contributed by atoms with E-state index >= 15 is 0 Å². The molecule has 4 aromatic rings. The van der Waals surface area contributed by atoms with Crippen molar-refractivity contribution in [3.63, 3.8) is 0 Å². The van der Waals surface area contributed by atoms with E-state index in [4.69, 9.17) is 14.2 Å². The van der Waals surface area contributed by atoms with Crippen LogP contribution >= 0.6 is 0 Å². The van der Waals surface area contributed by atoms with Gasteiger partial charge in [-0.05, 0) is 75.2 Å². The summed E-state index contributed by atoms with van der Waals surface area (Å²) in [6.45, 7) is 6.80. The maximum atomic E-state index is 6.13. The van der Waals surface area contributed by atoms with Crippen LogP contribution in [0.15, 0.2) is 48.8 Å². The number of hydrogen-bond acceptors (Lipinski definition) is 6. The van der Waals surface area contributed by atoms with Gasteiger partial charge in [0.05, 0.1) is 24.1 Å². The first-order valence-electron chi connectivity index (χ1n) is 11.5. The molecule has 33 heavy (non-hydrogen) atoms. The zero-order valence-corrected chi connectivity index (χ0v) is 19.2. The third-order valence-corrected chi connectivity index (χ3v) is 6.32. The first-order chi connectivity index (χ1) is 16.2. The van der Waals surface area contributed by atoms with E-state index in [-0.39, 0.29) is 0 Å². The summed E-state index contributed by atoms with van der Waals surface area (Å²) in [5, 5.41) is 1.98. The van der Waals surface area contributed by atoms with Crippen LogP contribution in [0.2, 0.25) is 0 Å². The largest absolute Gasteiger partial charge is 0.493 e. The molecule has 7 nitrogen and oxygen atoms in total. The molecule has 1 N–H and O–H groups in total. The van der Waals surface area contributed by atoms with E-state index in [9.17, 15) is 0 Å². The summed E-state index contributed by atoms with van der Waals surface area (Å²) in [5.41, 5.74) is 3.03. The molecule has 2 aromatic heterocycles. The number of piperidine rings is 1. The first-order valence-corrected chi connectivity index (χ1v) is 11.5. The second-order valence-electron chi connectivity index (χ2n) is 8.75. The van der Waals surface area contributed by atoms with Gasteiger partial charge in [0.1, 0.15) is 17.8 Å². The summed E-state index contributed by atoms with van der Waals surface area (Å²) >= 11 is 0. The lowest BCUT2D eigenvalue weighted by atomic mass is 9.98. The zero-order chi connectivity index (χ0) is 22.6. The second kappa shape index (κ2) is 9.77. The Hall–Kier alpha value is -3.16. The topological polar surface area (TPSA) is 72.5 Å². The van der Waals surface area contributed by atoms with Gasteiger partial charge >= 0.3 is 0 Å². The van der Waals surface area contributed by atoms with Crippen molar-refractivity contribution in [2.45, 2.75) is 19.8 Å². The van der Waals surface area contributed by atoms with Crippen molar-refractivity contribution in [2.75, 3.05) is 40.0 Å². The maximum absolute atomic E-state index is 6.13. The second-order valence-corrected chi connectivity index (χ2v) is 8.75. The summed E-state index contributed by atoms with van der Waals surface area (Å²) in [6, 6.07) is 14.0. The number of nitrogens with one attached hydrogen (secondary N) is 1. The van der Waals surface area contributed by atoms with Gasteiger partial charge in [-0.1, -0.05) is 0 Å². The van der Waals surface area contributed by atoms with Gasteiger partial charge in [0.15, 0.2) is 0 Å². The molecule has 3 heterocycles. The van der Waals surface area contributed by atoms with Crippen LogP contribution in [-0.2, 0) is 4.74 Å². The van der Waals surface area contributed by atoms with E-state index in [2.05, 4.69) is 25.9 Å². The molecule has 1 saturated heterocycles. The molecule has 1 fully saturated rings. The van der Waals surface area contributed by atoms with Crippen LogP contribution in [0.3, 0.4) is 0 Å². The van der Waals surface area contributed by atoms with E-state index in [1.165, 1.54) is 6.33 Å². The van der Waals surface area contributed by atoms with Crippen molar-refractivity contribution in [3.05, 3.63) is 54.5 Å². The van der Waals surface area contributed by atoms with Crippen LogP contribution in [0.5, 0.6) is 17.4 Å². The summed E-state index contributed by atoms with van der Waals surface area (Å²) < 4.78 is 17.4. The van der Waals surface area contributed by atoms with Crippen LogP contribution in [0.1, 0.15) is 18.5 Å². The zero-order valence-electron chi connectivity index (χ0n) is 19.2. The summed E-state index contributed by atoms with van der Waals surface area (Å²) in [4.78, 5) is 14.6. The molecule has 0 radical (unpaired) electrons. The number of nitrogens with zero attached hydrogens (tertiary/aromatic N) is 3. The lowest BCUT2D eigenvalue weighted by Crippen LogP contribution is -2.37. The van der Waals surface area contributed by atoms with Crippen molar-refractivity contribution >= 4 is 21.8 Å². The quantitative estimate of drug-likeness (QED) is 0.413. The summed E-state index contributed by atoms with van der Waals surface area (Å²) in [6.07, 6.45) is 3.85. The smallest absolute Gasteiger partial charge is 0.230 e. The van der Waals surface area contributed by atoms with Crippen molar-refractivity contribution < 1.29 is 14.2 Å². The molecule has 5 rings (SSSR count). The Morgan fingerprint density at radius 1 is 1.03 bits per heavy atom. The maximum Gasteiger partial charge on any atom is 0.230 e. The highest BCUT2D eigenvalue weighted by Gasteiger charge is 2.19. The van der Waals surface area contributed by atoms with Gasteiger partial charge in [0, 0.05) is 36.3 Å². The number of ether oxygens (including phenoxy) is 3. The number of benzene rings is 2. The van der Waals surface area contributed by atoms with Gasteiger partial charge in [-0.25, -0.2) is 9.97 Å². The minimum Gasteiger partial charge on any atom is -0.493 e. The van der Waals surface area contributed by atoms with Crippen molar-refractivity contribution in [1.82, 2.24) is 19.9 Å². The molecule has 0 amide bonds. The number of aryl methyl sites for hydroxylation is 1. The Labute approximate surface area is 193 Å². The number of hydrogen-bond donors (Lipinski definition) is 1. The standard InChI is InChI=1S/C26H30N4O3/c1-18-13-20-14-22(4-6-24(20)29-18)33-26-23-5-3-21(15-25(23)27-17-28-26)32-16-19-7-9-30(10-8-19)11-12-31-2/h3-6,13-15,17,19,29H,7-12,16H2,1-2H3. The van der Waals surface area contributed by atoms with Gasteiger partial charge in [0.2, 0.25) is 5.88 Å². The van der Waals surface area contributed by atoms with Gasteiger partial charge in [-0.15, -0.1) is 0 Å². The van der Waals surface area contributed by atoms with E-state index in [0.717, 1.165) is 84.7 Å². The highest BCUT2D eigenvalue weighted by molar-refractivity contribution is 5.85. The molecule has 0 saturated carbocycles. The normalized spacial score (nSPS) is 15.3. The van der Waals surface area contributed by atoms with E-state index in [1.54, 1.807) is 7.11 Å². The molecule has 7 heteroatoms. The van der Waals surface area contributed by atoms with Crippen molar-refractivity contribution in [3.8, 4) is 17.4 Å². The Balaban J connectivity index is 1.23. The Morgan fingerprint density at radius 2 is 1.88 bits per heavy atom. The van der Waals surface area contributed by atoms with Crippen molar-refractivity contribution in [2.24, 2.45) is 5.92 Å². The van der Waals surface area contributed by atoms with Gasteiger partial charge in [-0.3, -0.25) is 0 Å². The third kappa shape index (κ3) is 5.10. The van der Waals surface area contributed by atoms with Gasteiger partial charge in [0.25, 0.3) is 0 Å². The van der Waals surface area contributed by atoms with E-state index in [0.29, 0.717) is 11.8 Å².